The molecule has 2 aromatic carbocycles. The van der Waals surface area contributed by atoms with Gasteiger partial charge in [-0.15, -0.1) is 0 Å². The van der Waals surface area contributed by atoms with Crippen LogP contribution in [0.2, 0.25) is 10.0 Å². The molecule has 5 nitrogen and oxygen atoms in total. The fraction of sp³-hybridized carbons (Fsp3) is 0.250. The summed E-state index contributed by atoms with van der Waals surface area (Å²) in [6.07, 6.45) is 1.59. The highest BCUT2D eigenvalue weighted by Gasteiger charge is 2.41. The van der Waals surface area contributed by atoms with Gasteiger partial charge in [0.1, 0.15) is 0 Å². The molecule has 0 spiro atoms. The van der Waals surface area contributed by atoms with Crippen molar-refractivity contribution in [3.63, 3.8) is 0 Å². The molecule has 0 bridgehead atoms. The van der Waals surface area contributed by atoms with Crippen molar-refractivity contribution in [1.29, 1.82) is 0 Å². The van der Waals surface area contributed by atoms with E-state index in [0.717, 1.165) is 5.56 Å². The number of carbonyl (C=O) groups excluding carboxylic acids is 1. The van der Waals surface area contributed by atoms with Crippen molar-refractivity contribution in [3.05, 3.63) is 75.3 Å². The van der Waals surface area contributed by atoms with E-state index in [1.54, 1.807) is 43.3 Å². The largest absolute Gasteiger partial charge is 0.463 e. The molecule has 148 valence electrons. The van der Waals surface area contributed by atoms with Crippen molar-refractivity contribution >= 4 is 39.2 Å². The quantitative estimate of drug-likeness (QED) is 0.641. The number of hydrogen-bond acceptors (Lipinski definition) is 4. The van der Waals surface area contributed by atoms with E-state index in [2.05, 4.69) is 0 Å². The van der Waals surface area contributed by atoms with Gasteiger partial charge in [-0.1, -0.05) is 47.5 Å². The Balaban J connectivity index is 2.10. The molecule has 0 saturated heterocycles. The van der Waals surface area contributed by atoms with E-state index in [0.29, 0.717) is 15.6 Å². The molecule has 1 heterocycles. The van der Waals surface area contributed by atoms with E-state index < -0.39 is 22.0 Å². The Morgan fingerprint density at radius 1 is 1.21 bits per heavy atom. The SMILES string of the molecule is CCOC(=O)C1=CCN(S(=O)(=O)c2cccc(Cl)c2)C1c1ccc(Cl)c(C)c1. The van der Waals surface area contributed by atoms with Crippen LogP contribution >= 0.6 is 23.2 Å². The van der Waals surface area contributed by atoms with Crippen LogP contribution in [-0.4, -0.2) is 31.8 Å². The monoisotopic (exact) mass is 439 g/mol. The fourth-order valence-electron chi connectivity index (χ4n) is 3.15. The third-order valence-electron chi connectivity index (χ3n) is 4.49. The van der Waals surface area contributed by atoms with Gasteiger partial charge in [0.05, 0.1) is 23.1 Å². The number of hydrogen-bond donors (Lipinski definition) is 0. The van der Waals surface area contributed by atoms with Gasteiger partial charge in [-0.3, -0.25) is 0 Å². The van der Waals surface area contributed by atoms with Gasteiger partial charge in [0.25, 0.3) is 0 Å². The van der Waals surface area contributed by atoms with Crippen LogP contribution in [0.1, 0.15) is 24.1 Å². The smallest absolute Gasteiger partial charge is 0.335 e. The lowest BCUT2D eigenvalue weighted by Crippen LogP contribution is -2.33. The first kappa shape index (κ1) is 20.9. The zero-order valence-electron chi connectivity index (χ0n) is 15.4. The molecule has 0 amide bonds. The van der Waals surface area contributed by atoms with Crippen LogP contribution in [0, 0.1) is 6.92 Å². The van der Waals surface area contributed by atoms with E-state index in [-0.39, 0.29) is 23.6 Å². The zero-order valence-corrected chi connectivity index (χ0v) is 17.7. The molecule has 0 fully saturated rings. The van der Waals surface area contributed by atoms with Gasteiger partial charge in [0.15, 0.2) is 0 Å². The Hall–Kier alpha value is -1.86. The molecule has 0 saturated carbocycles. The predicted octanol–water partition coefficient (Wildman–Crippen LogP) is 4.54. The molecule has 1 atom stereocenters. The summed E-state index contributed by atoms with van der Waals surface area (Å²) in [6.45, 7) is 3.78. The number of sulfonamides is 1. The molecular weight excluding hydrogens is 421 g/mol. The van der Waals surface area contributed by atoms with Crippen molar-refractivity contribution in [1.82, 2.24) is 4.31 Å². The number of benzene rings is 2. The summed E-state index contributed by atoms with van der Waals surface area (Å²) >= 11 is 12.1. The molecule has 8 heteroatoms. The van der Waals surface area contributed by atoms with Gasteiger partial charge < -0.3 is 4.74 Å². The first-order valence-corrected chi connectivity index (χ1v) is 10.9. The third kappa shape index (κ3) is 3.96. The highest BCUT2D eigenvalue weighted by Crippen LogP contribution is 2.39. The normalized spacial score (nSPS) is 17.4. The number of halogens is 2. The maximum atomic E-state index is 13.3. The number of aryl methyl sites for hydroxylation is 1. The number of carbonyl (C=O) groups is 1. The second-order valence-corrected chi connectivity index (χ2v) is 9.06. The van der Waals surface area contributed by atoms with Gasteiger partial charge in [-0.25, -0.2) is 13.2 Å². The third-order valence-corrected chi connectivity index (χ3v) is 6.97. The first-order valence-electron chi connectivity index (χ1n) is 8.66. The molecule has 0 aromatic heterocycles. The summed E-state index contributed by atoms with van der Waals surface area (Å²) < 4.78 is 33.0. The van der Waals surface area contributed by atoms with Gasteiger partial charge >= 0.3 is 5.97 Å². The van der Waals surface area contributed by atoms with Crippen LogP contribution in [0.15, 0.2) is 59.0 Å². The Bertz CT molecular complexity index is 1050. The van der Waals surface area contributed by atoms with Gasteiger partial charge in [0.2, 0.25) is 10.0 Å². The topological polar surface area (TPSA) is 63.7 Å². The molecule has 0 aliphatic carbocycles. The molecule has 2 aromatic rings. The van der Waals surface area contributed by atoms with Gasteiger partial charge in [0, 0.05) is 16.6 Å². The number of esters is 1. The maximum absolute atomic E-state index is 13.3. The lowest BCUT2D eigenvalue weighted by atomic mass is 9.99. The Labute approximate surface area is 174 Å². The van der Waals surface area contributed by atoms with Crippen LogP contribution in [0.25, 0.3) is 0 Å². The molecule has 3 rings (SSSR count). The molecule has 0 radical (unpaired) electrons. The van der Waals surface area contributed by atoms with E-state index in [4.69, 9.17) is 27.9 Å². The summed E-state index contributed by atoms with van der Waals surface area (Å²) in [7, 11) is -3.91. The highest BCUT2D eigenvalue weighted by molar-refractivity contribution is 7.89. The lowest BCUT2D eigenvalue weighted by molar-refractivity contribution is -0.138. The van der Waals surface area contributed by atoms with Crippen LogP contribution in [0.3, 0.4) is 0 Å². The number of ether oxygens (including phenoxy) is 1. The van der Waals surface area contributed by atoms with Crippen LogP contribution in [0.5, 0.6) is 0 Å². The van der Waals surface area contributed by atoms with Crippen molar-refractivity contribution in [2.24, 2.45) is 0 Å². The van der Waals surface area contributed by atoms with Crippen molar-refractivity contribution in [2.75, 3.05) is 13.2 Å². The van der Waals surface area contributed by atoms with Gasteiger partial charge in [-0.2, -0.15) is 4.31 Å². The molecule has 28 heavy (non-hydrogen) atoms. The molecule has 1 aliphatic heterocycles. The Kier molecular flexibility index (Phi) is 6.15. The number of nitrogens with zero attached hydrogens (tertiary/aromatic N) is 1. The summed E-state index contributed by atoms with van der Waals surface area (Å²) in [4.78, 5) is 12.5. The molecule has 1 unspecified atom stereocenters. The second-order valence-electron chi connectivity index (χ2n) is 6.32. The van der Waals surface area contributed by atoms with Gasteiger partial charge in [-0.05, 0) is 49.2 Å². The maximum Gasteiger partial charge on any atom is 0.335 e. The van der Waals surface area contributed by atoms with Crippen LogP contribution < -0.4 is 0 Å². The molecule has 0 N–H and O–H groups in total. The standard InChI is InChI=1S/C20H19Cl2NO4S/c1-3-27-20(24)17-9-10-23(19(17)14-7-8-18(22)13(2)11-14)28(25,26)16-6-4-5-15(21)12-16/h4-9,11-12,19H,3,10H2,1-2H3. The van der Waals surface area contributed by atoms with Crippen LogP contribution in [0.4, 0.5) is 0 Å². The average molecular weight is 440 g/mol. The summed E-state index contributed by atoms with van der Waals surface area (Å²) in [6, 6.07) is 10.4. The van der Waals surface area contributed by atoms with E-state index >= 15 is 0 Å². The average Bonchev–Trinajstić information content (AvgIpc) is 3.10. The van der Waals surface area contributed by atoms with E-state index in [1.165, 1.54) is 16.4 Å². The first-order chi connectivity index (χ1) is 13.3. The summed E-state index contributed by atoms with van der Waals surface area (Å²) in [5.41, 5.74) is 1.72. The zero-order chi connectivity index (χ0) is 20.5. The van der Waals surface area contributed by atoms with Crippen molar-refractivity contribution in [2.45, 2.75) is 24.8 Å². The summed E-state index contributed by atoms with van der Waals surface area (Å²) in [5.74, 6) is -0.538. The molecule has 1 aliphatic rings. The minimum atomic E-state index is -3.91. The minimum absolute atomic E-state index is 0.0509. The van der Waals surface area contributed by atoms with Crippen molar-refractivity contribution in [3.8, 4) is 0 Å². The van der Waals surface area contributed by atoms with E-state index in [9.17, 15) is 13.2 Å². The number of rotatable bonds is 5. The highest BCUT2D eigenvalue weighted by atomic mass is 35.5. The Morgan fingerprint density at radius 3 is 2.61 bits per heavy atom. The summed E-state index contributed by atoms with van der Waals surface area (Å²) in [5, 5.41) is 0.880. The fourth-order valence-corrected chi connectivity index (χ4v) is 5.11. The van der Waals surface area contributed by atoms with Crippen molar-refractivity contribution < 1.29 is 17.9 Å². The minimum Gasteiger partial charge on any atom is -0.463 e. The van der Waals surface area contributed by atoms with E-state index in [1.807, 2.05) is 6.92 Å². The van der Waals surface area contributed by atoms with Crippen LogP contribution in [-0.2, 0) is 19.6 Å². The molecular formula is C20H19Cl2NO4S. The lowest BCUT2D eigenvalue weighted by Gasteiger charge is -2.27. The Morgan fingerprint density at radius 2 is 1.96 bits per heavy atom. The predicted molar refractivity (Wildman–Crippen MR) is 109 cm³/mol. The second kappa shape index (κ2) is 8.25.